The molecule has 0 aliphatic heterocycles. The van der Waals surface area contributed by atoms with E-state index < -0.39 is 29.0 Å². The Kier molecular flexibility index (Phi) is 4.81. The van der Waals surface area contributed by atoms with Crippen LogP contribution in [0.3, 0.4) is 0 Å². The van der Waals surface area contributed by atoms with Crippen LogP contribution < -0.4 is 5.56 Å². The van der Waals surface area contributed by atoms with Gasteiger partial charge in [-0.25, -0.2) is 14.8 Å². The van der Waals surface area contributed by atoms with Gasteiger partial charge in [0.1, 0.15) is 15.9 Å². The summed E-state index contributed by atoms with van der Waals surface area (Å²) in [6.07, 6.45) is -3.55. The zero-order valence-electron chi connectivity index (χ0n) is 15.8. The Balaban J connectivity index is 1.99. The van der Waals surface area contributed by atoms with Gasteiger partial charge in [0.25, 0.3) is 5.56 Å². The summed E-state index contributed by atoms with van der Waals surface area (Å²) in [5.74, 6) is -1.13. The zero-order chi connectivity index (χ0) is 21.6. The molecule has 1 aromatic carbocycles. The minimum Gasteiger partial charge on any atom is -0.462 e. The van der Waals surface area contributed by atoms with Gasteiger partial charge in [-0.2, -0.15) is 13.2 Å². The van der Waals surface area contributed by atoms with Gasteiger partial charge >= 0.3 is 12.1 Å². The Bertz CT molecular complexity index is 1340. The standard InChI is InChI=1S/C20H14F3N3O3S/c1-3-29-19(28)13-8-12-14-15(30-17(12)25-16(13)20(21,22)23)18(27)26(9-24-14)11-6-4-10(2)5-7-11/h4-9H,3H2,1-2H3. The van der Waals surface area contributed by atoms with Gasteiger partial charge in [-0.05, 0) is 32.0 Å². The SMILES string of the molecule is CCOC(=O)c1cc2c(nc1C(F)(F)F)sc1c(=O)n(-c3ccc(C)cc3)cnc12. The molecule has 0 fully saturated rings. The molecule has 0 N–H and O–H groups in total. The van der Waals surface area contributed by atoms with Crippen LogP contribution in [0.15, 0.2) is 41.5 Å². The van der Waals surface area contributed by atoms with Crippen LogP contribution in [-0.4, -0.2) is 27.1 Å². The van der Waals surface area contributed by atoms with Crippen molar-refractivity contribution in [3.63, 3.8) is 0 Å². The highest BCUT2D eigenvalue weighted by Gasteiger charge is 2.38. The summed E-state index contributed by atoms with van der Waals surface area (Å²) >= 11 is 0.805. The molecule has 30 heavy (non-hydrogen) atoms. The third-order valence-electron chi connectivity index (χ3n) is 4.45. The van der Waals surface area contributed by atoms with E-state index in [-0.39, 0.29) is 27.0 Å². The summed E-state index contributed by atoms with van der Waals surface area (Å²) in [6.45, 7) is 3.31. The molecule has 0 aliphatic rings. The molecular weight excluding hydrogens is 419 g/mol. The lowest BCUT2D eigenvalue weighted by Crippen LogP contribution is -2.17. The average molecular weight is 433 g/mol. The third kappa shape index (κ3) is 3.32. The molecule has 4 aromatic rings. The molecule has 6 nitrogen and oxygen atoms in total. The first kappa shape index (κ1) is 20.0. The largest absolute Gasteiger partial charge is 0.462 e. The maximum Gasteiger partial charge on any atom is 0.434 e. The quantitative estimate of drug-likeness (QED) is 0.445. The van der Waals surface area contributed by atoms with Gasteiger partial charge in [0.15, 0.2) is 5.69 Å². The number of nitrogens with zero attached hydrogens (tertiary/aromatic N) is 3. The molecule has 3 heterocycles. The highest BCUT2D eigenvalue weighted by molar-refractivity contribution is 7.25. The van der Waals surface area contributed by atoms with Crippen molar-refractivity contribution < 1.29 is 22.7 Å². The number of fused-ring (bicyclic) bond motifs is 3. The summed E-state index contributed by atoms with van der Waals surface area (Å²) in [6, 6.07) is 8.21. The fourth-order valence-corrected chi connectivity index (χ4v) is 4.07. The van der Waals surface area contributed by atoms with Crippen LogP contribution in [0.1, 0.15) is 28.5 Å². The lowest BCUT2D eigenvalue weighted by molar-refractivity contribution is -0.141. The van der Waals surface area contributed by atoms with E-state index in [9.17, 15) is 22.8 Å². The van der Waals surface area contributed by atoms with E-state index in [0.717, 1.165) is 23.0 Å². The van der Waals surface area contributed by atoms with Crippen LogP contribution >= 0.6 is 11.3 Å². The molecular formula is C20H14F3N3O3S. The Morgan fingerprint density at radius 3 is 2.57 bits per heavy atom. The number of halogens is 3. The minimum atomic E-state index is -4.86. The molecule has 0 radical (unpaired) electrons. The predicted molar refractivity (Wildman–Crippen MR) is 106 cm³/mol. The molecule has 0 unspecified atom stereocenters. The van der Waals surface area contributed by atoms with Gasteiger partial charge in [-0.1, -0.05) is 17.7 Å². The lowest BCUT2D eigenvalue weighted by Gasteiger charge is -2.11. The van der Waals surface area contributed by atoms with Crippen molar-refractivity contribution in [1.82, 2.24) is 14.5 Å². The number of ether oxygens (including phenoxy) is 1. The number of benzene rings is 1. The second-order valence-electron chi connectivity index (χ2n) is 6.49. The fraction of sp³-hybridized carbons (Fsp3) is 0.200. The zero-order valence-corrected chi connectivity index (χ0v) is 16.6. The Morgan fingerprint density at radius 2 is 1.93 bits per heavy atom. The van der Waals surface area contributed by atoms with Crippen molar-refractivity contribution in [1.29, 1.82) is 0 Å². The highest BCUT2D eigenvalue weighted by Crippen LogP contribution is 2.37. The lowest BCUT2D eigenvalue weighted by atomic mass is 10.1. The van der Waals surface area contributed by atoms with E-state index in [2.05, 4.69) is 9.97 Å². The van der Waals surface area contributed by atoms with E-state index in [0.29, 0.717) is 5.69 Å². The second kappa shape index (κ2) is 7.21. The molecule has 0 saturated heterocycles. The van der Waals surface area contributed by atoms with Crippen molar-refractivity contribution in [2.75, 3.05) is 6.61 Å². The highest BCUT2D eigenvalue weighted by atomic mass is 32.1. The predicted octanol–water partition coefficient (Wildman–Crippen LogP) is 4.50. The van der Waals surface area contributed by atoms with Crippen LogP contribution in [-0.2, 0) is 10.9 Å². The van der Waals surface area contributed by atoms with Crippen LogP contribution in [0.2, 0.25) is 0 Å². The first-order valence-electron chi connectivity index (χ1n) is 8.87. The first-order chi connectivity index (χ1) is 14.2. The number of esters is 1. The third-order valence-corrected chi connectivity index (χ3v) is 5.52. The normalized spacial score (nSPS) is 11.9. The summed E-state index contributed by atoms with van der Waals surface area (Å²) in [5.41, 5.74) is -0.708. The molecule has 3 aromatic heterocycles. The molecule has 0 saturated carbocycles. The van der Waals surface area contributed by atoms with E-state index in [1.807, 2.05) is 19.1 Å². The number of carbonyl (C=O) groups is 1. The second-order valence-corrected chi connectivity index (χ2v) is 7.49. The van der Waals surface area contributed by atoms with Gasteiger partial charge in [-0.15, -0.1) is 11.3 Å². The van der Waals surface area contributed by atoms with Crippen molar-refractivity contribution in [2.45, 2.75) is 20.0 Å². The maximum absolute atomic E-state index is 13.5. The van der Waals surface area contributed by atoms with E-state index in [1.165, 1.54) is 17.8 Å². The van der Waals surface area contributed by atoms with Crippen molar-refractivity contribution in [2.24, 2.45) is 0 Å². The first-order valence-corrected chi connectivity index (χ1v) is 9.68. The number of aryl methyl sites for hydroxylation is 1. The minimum absolute atomic E-state index is 0.0309. The molecule has 0 aliphatic carbocycles. The number of alkyl halides is 3. The molecule has 0 amide bonds. The number of carbonyl (C=O) groups excluding carboxylic acids is 1. The summed E-state index contributed by atoms with van der Waals surface area (Å²) in [4.78, 5) is 33.0. The van der Waals surface area contributed by atoms with Crippen molar-refractivity contribution >= 4 is 37.7 Å². The molecule has 154 valence electrons. The Labute approximate surface area is 171 Å². The van der Waals surface area contributed by atoms with Crippen LogP contribution in [0.4, 0.5) is 13.2 Å². The average Bonchev–Trinajstić information content (AvgIpc) is 3.06. The Morgan fingerprint density at radius 1 is 1.23 bits per heavy atom. The van der Waals surface area contributed by atoms with Crippen LogP contribution in [0.5, 0.6) is 0 Å². The van der Waals surface area contributed by atoms with Gasteiger partial charge in [0.05, 0.1) is 23.4 Å². The number of hydrogen-bond acceptors (Lipinski definition) is 6. The van der Waals surface area contributed by atoms with Gasteiger partial charge < -0.3 is 4.74 Å². The number of aromatic nitrogens is 3. The van der Waals surface area contributed by atoms with E-state index >= 15 is 0 Å². The number of hydrogen-bond donors (Lipinski definition) is 0. The molecule has 10 heteroatoms. The summed E-state index contributed by atoms with van der Waals surface area (Å²) in [5, 5.41) is 0.194. The van der Waals surface area contributed by atoms with Gasteiger partial charge in [0, 0.05) is 5.39 Å². The summed E-state index contributed by atoms with van der Waals surface area (Å²) in [7, 11) is 0. The van der Waals surface area contributed by atoms with E-state index in [4.69, 9.17) is 4.74 Å². The molecule has 4 rings (SSSR count). The topological polar surface area (TPSA) is 74.1 Å². The van der Waals surface area contributed by atoms with Crippen LogP contribution in [0.25, 0.3) is 26.1 Å². The molecule has 0 atom stereocenters. The fourth-order valence-electron chi connectivity index (χ4n) is 3.03. The monoisotopic (exact) mass is 433 g/mol. The Hall–Kier alpha value is -3.27. The van der Waals surface area contributed by atoms with Crippen molar-refractivity contribution in [3.05, 3.63) is 63.8 Å². The smallest absolute Gasteiger partial charge is 0.434 e. The van der Waals surface area contributed by atoms with Crippen LogP contribution in [0, 0.1) is 6.92 Å². The maximum atomic E-state index is 13.5. The number of pyridine rings is 1. The van der Waals surface area contributed by atoms with E-state index in [1.54, 1.807) is 12.1 Å². The molecule has 0 bridgehead atoms. The van der Waals surface area contributed by atoms with Gasteiger partial charge in [0.2, 0.25) is 0 Å². The number of rotatable bonds is 3. The van der Waals surface area contributed by atoms with Crippen molar-refractivity contribution in [3.8, 4) is 5.69 Å². The molecule has 0 spiro atoms. The van der Waals surface area contributed by atoms with Gasteiger partial charge in [-0.3, -0.25) is 9.36 Å². The number of thiophene rings is 1. The summed E-state index contributed by atoms with van der Waals surface area (Å²) < 4.78 is 46.7.